The second-order valence-corrected chi connectivity index (χ2v) is 11.5. The van der Waals surface area contributed by atoms with Crippen LogP contribution in [0.1, 0.15) is 56.6 Å². The quantitative estimate of drug-likeness (QED) is 0.266. The van der Waals surface area contributed by atoms with Crippen LogP contribution in [-0.2, 0) is 9.53 Å². The number of carbonyl (C=O) groups is 1. The Morgan fingerprint density at radius 2 is 1.35 bits per heavy atom. The monoisotopic (exact) mass is 476 g/mol. The van der Waals surface area contributed by atoms with E-state index in [1.807, 2.05) is 0 Å². The van der Waals surface area contributed by atoms with E-state index < -0.39 is 10.9 Å². The molecule has 0 spiro atoms. The van der Waals surface area contributed by atoms with Crippen molar-refractivity contribution >= 4 is 16.9 Å². The molecule has 34 heavy (non-hydrogen) atoms. The molecule has 0 heterocycles. The Morgan fingerprint density at radius 1 is 0.824 bits per heavy atom. The molecule has 4 heteroatoms. The number of carbonyl (C=O) groups excluding carboxylic acids is 1. The van der Waals surface area contributed by atoms with E-state index in [1.54, 1.807) is 0 Å². The van der Waals surface area contributed by atoms with Crippen LogP contribution in [0.5, 0.6) is 5.75 Å². The molecule has 0 radical (unpaired) electrons. The summed E-state index contributed by atoms with van der Waals surface area (Å²) in [7, 11) is -0.681. The van der Waals surface area contributed by atoms with Gasteiger partial charge in [0.2, 0.25) is 0 Å². The highest BCUT2D eigenvalue weighted by Gasteiger charge is 2.34. The van der Waals surface area contributed by atoms with Crippen molar-refractivity contribution < 1.29 is 14.3 Å². The Hall–Kier alpha value is -2.72. The summed E-state index contributed by atoms with van der Waals surface area (Å²) in [5.41, 5.74) is 1.79. The van der Waals surface area contributed by atoms with E-state index in [9.17, 15) is 4.79 Å². The van der Waals surface area contributed by atoms with Crippen LogP contribution in [0.15, 0.2) is 87.5 Å². The number of esters is 1. The Kier molecular flexibility index (Phi) is 7.99. The molecule has 3 aromatic rings. The van der Waals surface area contributed by atoms with Crippen LogP contribution in [0.3, 0.4) is 0 Å². The fourth-order valence-corrected chi connectivity index (χ4v) is 7.49. The lowest BCUT2D eigenvalue weighted by molar-refractivity contribution is -0.166. The van der Waals surface area contributed by atoms with Crippen molar-refractivity contribution in [1.82, 2.24) is 0 Å². The van der Waals surface area contributed by atoms with Gasteiger partial charge in [-0.1, -0.05) is 49.7 Å². The van der Waals surface area contributed by atoms with Gasteiger partial charge in [-0.25, -0.2) is 4.79 Å². The third-order valence-electron chi connectivity index (χ3n) is 6.81. The standard InChI is InChI=1S/C30H36O3S/c1-4-30(18-12-7-13-19-30)33-28(31)22-32-29-23(2)20-27(21-24(29)3)34(25-14-8-5-9-15-25)26-16-10-6-11-17-26/h5-6,8-11,14-17,20-21,34H,4,7,12-13,18-19,22H2,1-3H3. The van der Waals surface area contributed by atoms with Crippen molar-refractivity contribution in [2.24, 2.45) is 0 Å². The number of hydrogen-bond donors (Lipinski definition) is 1. The van der Waals surface area contributed by atoms with Gasteiger partial charge in [0.05, 0.1) is 0 Å². The average molecular weight is 477 g/mol. The van der Waals surface area contributed by atoms with Crippen LogP contribution >= 0.6 is 10.9 Å². The third-order valence-corrected chi connectivity index (χ3v) is 9.21. The SMILES string of the molecule is CCC1(OC(=O)COc2c(C)cc([SH](c3ccccc3)c3ccccc3)cc2C)CCCCC1. The van der Waals surface area contributed by atoms with Crippen LogP contribution in [0, 0.1) is 13.8 Å². The maximum absolute atomic E-state index is 12.7. The zero-order valence-corrected chi connectivity index (χ0v) is 21.4. The Bertz CT molecular complexity index is 1030. The minimum atomic E-state index is -0.681. The molecule has 0 unspecified atom stereocenters. The van der Waals surface area contributed by atoms with Crippen molar-refractivity contribution in [3.8, 4) is 5.75 Å². The fraction of sp³-hybridized carbons (Fsp3) is 0.367. The molecule has 3 nitrogen and oxygen atoms in total. The zero-order chi connectivity index (χ0) is 24.0. The summed E-state index contributed by atoms with van der Waals surface area (Å²) in [5.74, 6) is 0.522. The van der Waals surface area contributed by atoms with Gasteiger partial charge in [0.15, 0.2) is 6.61 Å². The first-order valence-corrected chi connectivity index (χ1v) is 13.7. The van der Waals surface area contributed by atoms with E-state index in [4.69, 9.17) is 9.47 Å². The predicted molar refractivity (Wildman–Crippen MR) is 140 cm³/mol. The number of aryl methyl sites for hydroxylation is 2. The van der Waals surface area contributed by atoms with Crippen LogP contribution in [0.4, 0.5) is 0 Å². The minimum absolute atomic E-state index is 0.0467. The number of hydrogen-bond acceptors (Lipinski definition) is 3. The molecule has 1 aliphatic carbocycles. The fourth-order valence-electron chi connectivity index (χ4n) is 5.01. The lowest BCUT2D eigenvalue weighted by Gasteiger charge is -2.36. The number of benzene rings is 3. The van der Waals surface area contributed by atoms with Crippen molar-refractivity contribution in [3.63, 3.8) is 0 Å². The van der Waals surface area contributed by atoms with Crippen molar-refractivity contribution in [2.75, 3.05) is 6.61 Å². The first-order chi connectivity index (χ1) is 16.5. The van der Waals surface area contributed by atoms with E-state index >= 15 is 0 Å². The molecule has 1 aliphatic rings. The molecule has 1 saturated carbocycles. The summed E-state index contributed by atoms with van der Waals surface area (Å²) in [5, 5.41) is 0. The van der Waals surface area contributed by atoms with Gasteiger partial charge >= 0.3 is 5.97 Å². The molecule has 1 fully saturated rings. The summed E-state index contributed by atoms with van der Waals surface area (Å²) in [6.07, 6.45) is 6.29. The van der Waals surface area contributed by atoms with Gasteiger partial charge in [0.1, 0.15) is 11.4 Å². The normalized spacial score (nSPS) is 15.4. The molecule has 0 bridgehead atoms. The van der Waals surface area contributed by atoms with Crippen LogP contribution in [0.25, 0.3) is 0 Å². The maximum atomic E-state index is 12.7. The van der Waals surface area contributed by atoms with Gasteiger partial charge in [-0.15, -0.1) is 0 Å². The Labute approximate surface area is 206 Å². The van der Waals surface area contributed by atoms with Gasteiger partial charge in [-0.05, 0) is 108 Å². The molecular formula is C30H36O3S. The average Bonchev–Trinajstić information content (AvgIpc) is 2.85. The molecule has 0 aliphatic heterocycles. The molecule has 0 N–H and O–H groups in total. The van der Waals surface area contributed by atoms with E-state index in [1.165, 1.54) is 21.1 Å². The van der Waals surface area contributed by atoms with Gasteiger partial charge < -0.3 is 9.47 Å². The van der Waals surface area contributed by atoms with Gasteiger partial charge in [0.25, 0.3) is 0 Å². The highest BCUT2D eigenvalue weighted by molar-refractivity contribution is 8.17. The maximum Gasteiger partial charge on any atom is 0.344 e. The first-order valence-electron chi connectivity index (χ1n) is 12.4. The second kappa shape index (κ2) is 11.1. The summed E-state index contributed by atoms with van der Waals surface area (Å²) < 4.78 is 12.0. The Balaban J connectivity index is 1.53. The van der Waals surface area contributed by atoms with Gasteiger partial charge in [-0.3, -0.25) is 0 Å². The number of rotatable bonds is 8. The molecule has 0 amide bonds. The van der Waals surface area contributed by atoms with Gasteiger partial charge in [0, 0.05) is 0 Å². The molecule has 180 valence electrons. The summed E-state index contributed by atoms with van der Waals surface area (Å²) >= 11 is 0. The molecule has 0 saturated heterocycles. The minimum Gasteiger partial charge on any atom is -0.481 e. The summed E-state index contributed by atoms with van der Waals surface area (Å²) in [4.78, 5) is 16.6. The van der Waals surface area contributed by atoms with Crippen LogP contribution in [-0.4, -0.2) is 18.2 Å². The van der Waals surface area contributed by atoms with E-state index in [0.717, 1.165) is 49.0 Å². The summed E-state index contributed by atoms with van der Waals surface area (Å²) in [6, 6.07) is 25.8. The third kappa shape index (κ3) is 5.67. The summed E-state index contributed by atoms with van der Waals surface area (Å²) in [6.45, 7) is 6.20. The first kappa shape index (κ1) is 24.4. The lowest BCUT2D eigenvalue weighted by Crippen LogP contribution is -2.38. The zero-order valence-electron chi connectivity index (χ0n) is 20.5. The largest absolute Gasteiger partial charge is 0.481 e. The van der Waals surface area contributed by atoms with E-state index in [0.29, 0.717) is 0 Å². The van der Waals surface area contributed by atoms with Crippen molar-refractivity contribution in [1.29, 1.82) is 0 Å². The second-order valence-electron chi connectivity index (χ2n) is 9.28. The lowest BCUT2D eigenvalue weighted by atomic mass is 9.83. The molecule has 4 rings (SSSR count). The number of thiol groups is 1. The molecule has 0 aromatic heterocycles. The van der Waals surface area contributed by atoms with Gasteiger partial charge in [-0.2, -0.15) is 10.9 Å². The van der Waals surface area contributed by atoms with Crippen LogP contribution < -0.4 is 4.74 Å². The van der Waals surface area contributed by atoms with Crippen molar-refractivity contribution in [3.05, 3.63) is 83.9 Å². The van der Waals surface area contributed by atoms with Crippen molar-refractivity contribution in [2.45, 2.75) is 79.6 Å². The smallest absolute Gasteiger partial charge is 0.344 e. The topological polar surface area (TPSA) is 35.5 Å². The predicted octanol–water partition coefficient (Wildman–Crippen LogP) is 7.82. The van der Waals surface area contributed by atoms with Crippen LogP contribution in [0.2, 0.25) is 0 Å². The molecule has 0 atom stereocenters. The molecular weight excluding hydrogens is 440 g/mol. The highest BCUT2D eigenvalue weighted by Crippen LogP contribution is 2.52. The highest BCUT2D eigenvalue weighted by atomic mass is 32.2. The number of ether oxygens (including phenoxy) is 2. The molecule has 3 aromatic carbocycles. The van der Waals surface area contributed by atoms with E-state index in [2.05, 4.69) is 93.6 Å². The Morgan fingerprint density at radius 3 is 1.85 bits per heavy atom. The van der Waals surface area contributed by atoms with E-state index in [-0.39, 0.29) is 18.2 Å².